The summed E-state index contributed by atoms with van der Waals surface area (Å²) in [5.41, 5.74) is 0.376. The summed E-state index contributed by atoms with van der Waals surface area (Å²) in [5, 5.41) is 5.54. The van der Waals surface area contributed by atoms with Gasteiger partial charge in [-0.1, -0.05) is 26.2 Å². The zero-order valence-corrected chi connectivity index (χ0v) is 18.2. The van der Waals surface area contributed by atoms with Crippen molar-refractivity contribution in [3.63, 3.8) is 0 Å². The van der Waals surface area contributed by atoms with Gasteiger partial charge in [0.05, 0.1) is 25.5 Å². The normalized spacial score (nSPS) is 15.1. The molecule has 30 heavy (non-hydrogen) atoms. The molecule has 1 aromatic carbocycles. The number of nitrogens with one attached hydrogen (secondary N) is 2. The molecule has 1 aliphatic carbocycles. The first kappa shape index (κ1) is 23.5. The van der Waals surface area contributed by atoms with Crippen LogP contribution in [-0.4, -0.2) is 44.7 Å². The molecule has 0 spiro atoms. The lowest BCUT2D eigenvalue weighted by atomic mass is 9.88. The third-order valence-electron chi connectivity index (χ3n) is 5.18. The molecule has 2 rings (SSSR count). The van der Waals surface area contributed by atoms with Gasteiger partial charge in [-0.3, -0.25) is 9.59 Å². The topological polar surface area (TPSA) is 103 Å². The van der Waals surface area contributed by atoms with Crippen LogP contribution in [0.25, 0.3) is 0 Å². The van der Waals surface area contributed by atoms with E-state index in [9.17, 15) is 14.4 Å². The van der Waals surface area contributed by atoms with Crippen molar-refractivity contribution in [2.45, 2.75) is 58.5 Å². The Hall–Kier alpha value is -2.77. The van der Waals surface area contributed by atoms with E-state index in [2.05, 4.69) is 10.6 Å². The van der Waals surface area contributed by atoms with Gasteiger partial charge < -0.3 is 24.8 Å². The zero-order chi connectivity index (χ0) is 22.1. The standard InChI is InChI=1S/C22H32N2O6/c1-5-11-23-20(25)14(2)30-22(27)16-12-18(28-3)19(29-4)13-17(16)24-21(26)15-9-7-6-8-10-15/h12-15H,5-11H2,1-4H3,(H,23,25)(H,24,26)/t14-/m0/s1. The summed E-state index contributed by atoms with van der Waals surface area (Å²) >= 11 is 0. The molecule has 1 fully saturated rings. The van der Waals surface area contributed by atoms with Crippen LogP contribution in [0.15, 0.2) is 12.1 Å². The molecule has 1 aromatic rings. The Morgan fingerprint density at radius 3 is 2.30 bits per heavy atom. The summed E-state index contributed by atoms with van der Waals surface area (Å²) in [7, 11) is 2.93. The van der Waals surface area contributed by atoms with Crippen molar-refractivity contribution < 1.29 is 28.6 Å². The van der Waals surface area contributed by atoms with Crippen LogP contribution < -0.4 is 20.1 Å². The van der Waals surface area contributed by atoms with Gasteiger partial charge >= 0.3 is 5.97 Å². The molecule has 0 heterocycles. The third-order valence-corrected chi connectivity index (χ3v) is 5.18. The van der Waals surface area contributed by atoms with Crippen molar-refractivity contribution >= 4 is 23.5 Å². The lowest BCUT2D eigenvalue weighted by Gasteiger charge is -2.22. The number of hydrogen-bond acceptors (Lipinski definition) is 6. The fourth-order valence-electron chi connectivity index (χ4n) is 3.42. The third kappa shape index (κ3) is 6.11. The van der Waals surface area contributed by atoms with E-state index in [1.165, 1.54) is 33.3 Å². The fourth-order valence-corrected chi connectivity index (χ4v) is 3.42. The van der Waals surface area contributed by atoms with Gasteiger partial charge in [-0.15, -0.1) is 0 Å². The number of ether oxygens (including phenoxy) is 3. The predicted molar refractivity (Wildman–Crippen MR) is 113 cm³/mol. The van der Waals surface area contributed by atoms with Gasteiger partial charge in [-0.2, -0.15) is 0 Å². The van der Waals surface area contributed by atoms with Crippen LogP contribution in [-0.2, 0) is 14.3 Å². The second-order valence-corrected chi connectivity index (χ2v) is 7.42. The van der Waals surface area contributed by atoms with Gasteiger partial charge in [0.1, 0.15) is 0 Å². The van der Waals surface area contributed by atoms with Gasteiger partial charge in [0, 0.05) is 24.6 Å². The van der Waals surface area contributed by atoms with E-state index in [1.54, 1.807) is 0 Å². The summed E-state index contributed by atoms with van der Waals surface area (Å²) in [6, 6.07) is 2.99. The minimum atomic E-state index is -0.973. The number of methoxy groups -OCH3 is 2. The summed E-state index contributed by atoms with van der Waals surface area (Å²) in [6.07, 6.45) is 4.63. The van der Waals surface area contributed by atoms with Crippen LogP contribution in [0.3, 0.4) is 0 Å². The molecule has 0 bridgehead atoms. The molecule has 0 aliphatic heterocycles. The van der Waals surface area contributed by atoms with E-state index in [0.29, 0.717) is 18.0 Å². The minimum absolute atomic E-state index is 0.0885. The Kier molecular flexibility index (Phi) is 8.95. The largest absolute Gasteiger partial charge is 0.493 e. The van der Waals surface area contributed by atoms with E-state index >= 15 is 0 Å². The highest BCUT2D eigenvalue weighted by atomic mass is 16.5. The number of benzene rings is 1. The molecule has 0 aromatic heterocycles. The molecule has 8 heteroatoms. The lowest BCUT2D eigenvalue weighted by Crippen LogP contribution is -2.36. The number of amides is 2. The zero-order valence-electron chi connectivity index (χ0n) is 18.2. The van der Waals surface area contributed by atoms with Crippen LogP contribution >= 0.6 is 0 Å². The molecule has 1 saturated carbocycles. The first-order valence-electron chi connectivity index (χ1n) is 10.5. The molecule has 0 saturated heterocycles. The predicted octanol–water partition coefficient (Wildman–Crippen LogP) is 3.29. The summed E-state index contributed by atoms with van der Waals surface area (Å²) in [4.78, 5) is 37.6. The molecule has 166 valence electrons. The minimum Gasteiger partial charge on any atom is -0.493 e. The quantitative estimate of drug-likeness (QED) is 0.594. The van der Waals surface area contributed by atoms with E-state index in [1.807, 2.05) is 6.92 Å². The van der Waals surface area contributed by atoms with Crippen molar-refractivity contribution in [2.24, 2.45) is 5.92 Å². The van der Waals surface area contributed by atoms with Gasteiger partial charge in [0.15, 0.2) is 17.6 Å². The maximum Gasteiger partial charge on any atom is 0.341 e. The van der Waals surface area contributed by atoms with Crippen LogP contribution in [0.1, 0.15) is 62.7 Å². The van der Waals surface area contributed by atoms with Crippen molar-refractivity contribution in [1.82, 2.24) is 5.32 Å². The Labute approximate surface area is 177 Å². The number of rotatable bonds is 9. The Bertz CT molecular complexity index is 758. The van der Waals surface area contributed by atoms with Gasteiger partial charge in [-0.05, 0) is 26.2 Å². The number of anilines is 1. The van der Waals surface area contributed by atoms with Crippen LogP contribution in [0.2, 0.25) is 0 Å². The van der Waals surface area contributed by atoms with Gasteiger partial charge in [0.2, 0.25) is 5.91 Å². The summed E-state index contributed by atoms with van der Waals surface area (Å²) < 4.78 is 15.9. The monoisotopic (exact) mass is 420 g/mol. The van der Waals surface area contributed by atoms with Crippen molar-refractivity contribution in [3.05, 3.63) is 17.7 Å². The average Bonchev–Trinajstić information content (AvgIpc) is 2.77. The maximum absolute atomic E-state index is 12.8. The van der Waals surface area contributed by atoms with Crippen LogP contribution in [0, 0.1) is 5.92 Å². The summed E-state index contributed by atoms with van der Waals surface area (Å²) in [5.74, 6) is -0.628. The summed E-state index contributed by atoms with van der Waals surface area (Å²) in [6.45, 7) is 3.94. The van der Waals surface area contributed by atoms with E-state index in [-0.39, 0.29) is 29.0 Å². The van der Waals surface area contributed by atoms with E-state index in [4.69, 9.17) is 14.2 Å². The first-order chi connectivity index (χ1) is 14.4. The highest BCUT2D eigenvalue weighted by molar-refractivity contribution is 6.03. The molecule has 0 radical (unpaired) electrons. The van der Waals surface area contributed by atoms with Crippen molar-refractivity contribution in [2.75, 3.05) is 26.1 Å². The van der Waals surface area contributed by atoms with Crippen LogP contribution in [0.4, 0.5) is 5.69 Å². The molecule has 1 atom stereocenters. The SMILES string of the molecule is CCCNC(=O)[C@H](C)OC(=O)c1cc(OC)c(OC)cc1NC(=O)C1CCCCC1. The van der Waals surface area contributed by atoms with E-state index < -0.39 is 12.1 Å². The molecule has 8 nitrogen and oxygen atoms in total. The lowest BCUT2D eigenvalue weighted by molar-refractivity contribution is -0.129. The number of esters is 1. The first-order valence-corrected chi connectivity index (χ1v) is 10.5. The molecule has 0 unspecified atom stereocenters. The second-order valence-electron chi connectivity index (χ2n) is 7.42. The average molecular weight is 421 g/mol. The van der Waals surface area contributed by atoms with Crippen molar-refractivity contribution in [1.29, 1.82) is 0 Å². The Balaban J connectivity index is 2.25. The molecule has 2 N–H and O–H groups in total. The maximum atomic E-state index is 12.8. The number of carbonyl (C=O) groups is 3. The molecular weight excluding hydrogens is 388 g/mol. The Morgan fingerprint density at radius 1 is 1.07 bits per heavy atom. The Morgan fingerprint density at radius 2 is 1.70 bits per heavy atom. The molecular formula is C22H32N2O6. The highest BCUT2D eigenvalue weighted by Gasteiger charge is 2.26. The van der Waals surface area contributed by atoms with Crippen LogP contribution in [0.5, 0.6) is 11.5 Å². The smallest absolute Gasteiger partial charge is 0.341 e. The van der Waals surface area contributed by atoms with Gasteiger partial charge in [-0.25, -0.2) is 4.79 Å². The molecule has 1 aliphatic rings. The van der Waals surface area contributed by atoms with Crippen molar-refractivity contribution in [3.8, 4) is 11.5 Å². The van der Waals surface area contributed by atoms with E-state index in [0.717, 1.165) is 38.5 Å². The molecule has 2 amide bonds. The van der Waals surface area contributed by atoms with Gasteiger partial charge in [0.25, 0.3) is 5.91 Å². The second kappa shape index (κ2) is 11.4. The number of hydrogen-bond donors (Lipinski definition) is 2. The highest BCUT2D eigenvalue weighted by Crippen LogP contribution is 2.35. The number of carbonyl (C=O) groups excluding carboxylic acids is 3. The fraction of sp³-hybridized carbons (Fsp3) is 0.591.